The average Bonchev–Trinajstić information content (AvgIpc) is 1.01. The van der Waals surface area contributed by atoms with Crippen molar-refractivity contribution in [2.24, 2.45) is 0 Å². The molecule has 0 aliphatic rings. The first-order chi connectivity index (χ1) is 48.7. The first-order valence-electron chi connectivity index (χ1n) is 38.4. The van der Waals surface area contributed by atoms with Crippen molar-refractivity contribution in [2.75, 3.05) is 39.6 Å². The van der Waals surface area contributed by atoms with Crippen molar-refractivity contribution in [3.05, 3.63) is 134 Å². The molecule has 0 rings (SSSR count). The van der Waals surface area contributed by atoms with Crippen molar-refractivity contribution in [3.63, 3.8) is 0 Å². The molecule has 0 aliphatic carbocycles. The molecule has 0 fully saturated rings. The summed E-state index contributed by atoms with van der Waals surface area (Å²) < 4.78 is 68.4. The highest BCUT2D eigenvalue weighted by Crippen LogP contribution is 2.45. The average molecular weight is 1440 g/mol. The molecule has 0 aliphatic heterocycles. The number of rotatable bonds is 71. The second-order valence-corrected chi connectivity index (χ2v) is 28.1. The second-order valence-electron chi connectivity index (χ2n) is 25.1. The van der Waals surface area contributed by atoms with Gasteiger partial charge in [0.05, 0.1) is 26.4 Å². The number of allylic oxidation sites excluding steroid dienone is 22. The molecule has 0 heterocycles. The maximum atomic E-state index is 13.1. The predicted octanol–water partition coefficient (Wildman–Crippen LogP) is 22.1. The van der Waals surface area contributed by atoms with E-state index in [1.54, 1.807) is 0 Å². The van der Waals surface area contributed by atoms with Crippen LogP contribution in [0.3, 0.4) is 0 Å². The Bertz CT molecular complexity index is 2420. The summed E-state index contributed by atoms with van der Waals surface area (Å²) in [5, 5.41) is 10.6. The molecule has 572 valence electrons. The molecule has 0 saturated carbocycles. The fraction of sp³-hybridized carbons (Fsp3) is 0.679. The molecule has 19 heteroatoms. The van der Waals surface area contributed by atoms with Crippen LogP contribution in [0.25, 0.3) is 0 Å². The van der Waals surface area contributed by atoms with Crippen LogP contribution in [0, 0.1) is 0 Å². The number of aliphatic hydroxyl groups excluding tert-OH is 1. The minimum atomic E-state index is -4.99. The maximum absolute atomic E-state index is 13.1. The molecule has 0 aromatic carbocycles. The number of carbonyl (C=O) groups excluding carboxylic acids is 4. The van der Waals surface area contributed by atoms with Gasteiger partial charge in [0.2, 0.25) is 0 Å². The van der Waals surface area contributed by atoms with E-state index in [4.69, 9.17) is 37.0 Å². The van der Waals surface area contributed by atoms with Crippen molar-refractivity contribution in [1.82, 2.24) is 0 Å². The summed E-state index contributed by atoms with van der Waals surface area (Å²) >= 11 is 0. The standard InChI is InChI=1S/C81H136O17P2/c1-5-9-13-17-21-25-29-33-37-41-45-49-53-57-61-65-78(83)91-71-76(97-80(85)67-63-59-55-51-47-43-39-35-31-27-23-19-15-11-7-3)73-95-99(87,88)93-69-75(82)70-94-100(89,90)96-74-77(98-81(86)68-64-60-56-52-48-44-40-36-32-28-24-20-16-12-8-4)72-92-79(84)66-62-58-54-50-46-42-38-34-30-26-22-18-14-10-6-2/h9-11,13-15,21-23,25-27,33-40,45,49,75-77,82H,5-8,12,16-20,24,28-32,41-44,46-48,50-74H2,1-4H3,(H,87,88)(H,89,90)/b13-9-,14-10-,15-11-,25-21-,26-22-,27-23-,37-33-,38-34-,39-35-,40-36-,49-45-. The Morgan fingerprint density at radius 3 is 0.830 bits per heavy atom. The Morgan fingerprint density at radius 1 is 0.290 bits per heavy atom. The van der Waals surface area contributed by atoms with E-state index < -0.39 is 97.5 Å². The Labute approximate surface area is 605 Å². The van der Waals surface area contributed by atoms with Crippen molar-refractivity contribution in [3.8, 4) is 0 Å². The fourth-order valence-electron chi connectivity index (χ4n) is 9.82. The van der Waals surface area contributed by atoms with Gasteiger partial charge in [-0.15, -0.1) is 0 Å². The zero-order chi connectivity index (χ0) is 73.2. The SMILES string of the molecule is CC/C=C\C/C=C\C/C=C\C/C=C\CCCCC(=O)OCC(COP(=O)(O)OCC(O)COP(=O)(O)OCC(COC(=O)CCCCCCC/C=C\C/C=C\C/C=C\CC)OC(=O)CCCCCCC/C=C\CCCCCCCC)OC(=O)CCCCCCC/C=C\C/C=C\C/C=C\CC. The number of hydrogen-bond donors (Lipinski definition) is 3. The summed E-state index contributed by atoms with van der Waals surface area (Å²) in [6.07, 6.45) is 80.1. The Kier molecular flexibility index (Phi) is 69.1. The molecule has 100 heavy (non-hydrogen) atoms. The molecule has 0 aromatic heterocycles. The number of ether oxygens (including phenoxy) is 4. The largest absolute Gasteiger partial charge is 0.472 e. The van der Waals surface area contributed by atoms with Gasteiger partial charge in [0, 0.05) is 25.7 Å². The van der Waals surface area contributed by atoms with Gasteiger partial charge in [0.25, 0.3) is 0 Å². The van der Waals surface area contributed by atoms with Gasteiger partial charge in [-0.25, -0.2) is 9.13 Å². The van der Waals surface area contributed by atoms with Crippen LogP contribution >= 0.6 is 15.6 Å². The van der Waals surface area contributed by atoms with E-state index in [1.807, 2.05) is 0 Å². The van der Waals surface area contributed by atoms with Gasteiger partial charge < -0.3 is 33.8 Å². The van der Waals surface area contributed by atoms with Crippen LogP contribution in [0.1, 0.15) is 297 Å². The minimum absolute atomic E-state index is 0.0625. The van der Waals surface area contributed by atoms with Crippen LogP contribution in [0.15, 0.2) is 134 Å². The molecule has 0 bridgehead atoms. The number of hydrogen-bond acceptors (Lipinski definition) is 15. The fourth-order valence-corrected chi connectivity index (χ4v) is 11.4. The number of phosphoric acid groups is 2. The van der Waals surface area contributed by atoms with Crippen LogP contribution in [-0.2, 0) is 65.4 Å². The molecule has 17 nitrogen and oxygen atoms in total. The van der Waals surface area contributed by atoms with Gasteiger partial charge in [0.15, 0.2) is 12.2 Å². The van der Waals surface area contributed by atoms with E-state index in [0.717, 1.165) is 180 Å². The Morgan fingerprint density at radius 2 is 0.520 bits per heavy atom. The lowest BCUT2D eigenvalue weighted by Crippen LogP contribution is -2.30. The van der Waals surface area contributed by atoms with Crippen molar-refractivity contribution < 1.29 is 80.2 Å². The number of unbranched alkanes of at least 4 members (excludes halogenated alkanes) is 23. The Balaban J connectivity index is 5.43. The van der Waals surface area contributed by atoms with E-state index in [0.29, 0.717) is 25.7 Å². The van der Waals surface area contributed by atoms with E-state index in [9.17, 15) is 43.2 Å². The second kappa shape index (κ2) is 72.5. The lowest BCUT2D eigenvalue weighted by Gasteiger charge is -2.21. The highest BCUT2D eigenvalue weighted by molar-refractivity contribution is 7.47. The maximum Gasteiger partial charge on any atom is 0.472 e. The van der Waals surface area contributed by atoms with Gasteiger partial charge in [-0.2, -0.15) is 0 Å². The molecule has 0 aromatic rings. The first kappa shape index (κ1) is 95.2. The summed E-state index contributed by atoms with van der Waals surface area (Å²) in [4.78, 5) is 72.9. The molecule has 5 unspecified atom stereocenters. The summed E-state index contributed by atoms with van der Waals surface area (Å²) in [6.45, 7) is 4.43. The van der Waals surface area contributed by atoms with Gasteiger partial charge in [-0.05, 0) is 154 Å². The molecule has 0 radical (unpaired) electrons. The third-order valence-corrected chi connectivity index (χ3v) is 17.5. The molecule has 0 spiro atoms. The molecule has 5 atom stereocenters. The lowest BCUT2D eigenvalue weighted by atomic mass is 10.1. The van der Waals surface area contributed by atoms with Crippen LogP contribution < -0.4 is 0 Å². The van der Waals surface area contributed by atoms with Crippen molar-refractivity contribution >= 4 is 39.5 Å². The highest BCUT2D eigenvalue weighted by atomic mass is 31.2. The number of esters is 4. The van der Waals surface area contributed by atoms with Gasteiger partial charge in [0.1, 0.15) is 19.3 Å². The van der Waals surface area contributed by atoms with E-state index in [-0.39, 0.29) is 25.7 Å². The van der Waals surface area contributed by atoms with E-state index >= 15 is 0 Å². The zero-order valence-electron chi connectivity index (χ0n) is 62.3. The van der Waals surface area contributed by atoms with Crippen molar-refractivity contribution in [2.45, 2.75) is 316 Å². The van der Waals surface area contributed by atoms with E-state index in [2.05, 4.69) is 161 Å². The quantitative estimate of drug-likeness (QED) is 0.0169. The summed E-state index contributed by atoms with van der Waals surface area (Å²) in [7, 11) is -9.98. The van der Waals surface area contributed by atoms with Crippen LogP contribution in [0.2, 0.25) is 0 Å². The van der Waals surface area contributed by atoms with Crippen LogP contribution in [0.4, 0.5) is 0 Å². The summed E-state index contributed by atoms with van der Waals surface area (Å²) in [5.74, 6) is -2.27. The number of phosphoric ester groups is 2. The van der Waals surface area contributed by atoms with Crippen LogP contribution in [-0.4, -0.2) is 96.7 Å². The summed E-state index contributed by atoms with van der Waals surface area (Å²) in [5.41, 5.74) is 0. The molecular formula is C81H136O17P2. The monoisotopic (exact) mass is 1440 g/mol. The van der Waals surface area contributed by atoms with E-state index in [1.165, 1.54) is 38.5 Å². The first-order valence-corrected chi connectivity index (χ1v) is 41.4. The topological polar surface area (TPSA) is 237 Å². The lowest BCUT2D eigenvalue weighted by molar-refractivity contribution is -0.161. The number of aliphatic hydroxyl groups is 1. The van der Waals surface area contributed by atoms with Gasteiger partial charge >= 0.3 is 39.5 Å². The highest BCUT2D eigenvalue weighted by Gasteiger charge is 2.30. The minimum Gasteiger partial charge on any atom is -0.462 e. The predicted molar refractivity (Wildman–Crippen MR) is 408 cm³/mol. The normalized spacial score (nSPS) is 14.7. The molecule has 0 amide bonds. The number of carbonyl (C=O) groups is 4. The smallest absolute Gasteiger partial charge is 0.462 e. The molecule has 0 saturated heterocycles. The molecule has 3 N–H and O–H groups in total. The third kappa shape index (κ3) is 71.6. The van der Waals surface area contributed by atoms with Gasteiger partial charge in [-0.3, -0.25) is 37.3 Å². The zero-order valence-corrected chi connectivity index (χ0v) is 64.1. The van der Waals surface area contributed by atoms with Crippen LogP contribution in [0.5, 0.6) is 0 Å². The Hall–Kier alpha value is -4.80. The molecular weight excluding hydrogens is 1310 g/mol. The summed E-state index contributed by atoms with van der Waals surface area (Å²) in [6, 6.07) is 0. The van der Waals surface area contributed by atoms with Crippen molar-refractivity contribution in [1.29, 1.82) is 0 Å². The third-order valence-electron chi connectivity index (χ3n) is 15.6. The van der Waals surface area contributed by atoms with Gasteiger partial charge in [-0.1, -0.05) is 251 Å².